The number of benzene rings is 1. The van der Waals surface area contributed by atoms with Gasteiger partial charge in [0.05, 0.1) is 12.2 Å². The van der Waals surface area contributed by atoms with Crippen LogP contribution in [0.3, 0.4) is 0 Å². The molecule has 8 aromatic rings. The summed E-state index contributed by atoms with van der Waals surface area (Å²) in [5, 5.41) is 26.6. The lowest BCUT2D eigenvalue weighted by atomic mass is 10.1. The number of amides is 2. The van der Waals surface area contributed by atoms with Crippen molar-refractivity contribution in [2.24, 2.45) is 0 Å². The van der Waals surface area contributed by atoms with E-state index < -0.39 is 5.91 Å². The first-order valence-corrected chi connectivity index (χ1v) is 19.6. The van der Waals surface area contributed by atoms with Crippen LogP contribution in [0.4, 0.5) is 27.7 Å². The molecule has 7 aromatic heterocycles. The van der Waals surface area contributed by atoms with Crippen LogP contribution >= 0.6 is 0 Å². The van der Waals surface area contributed by atoms with Crippen LogP contribution in [0.5, 0.6) is 0 Å². The molecule has 0 bridgehead atoms. The van der Waals surface area contributed by atoms with Crippen molar-refractivity contribution < 1.29 is 14.0 Å². The van der Waals surface area contributed by atoms with Gasteiger partial charge >= 0.3 is 0 Å². The highest BCUT2D eigenvalue weighted by atomic mass is 19.1. The molecular formula is C44H40FN15O2. The Morgan fingerprint density at radius 1 is 0.565 bits per heavy atom. The third-order valence-electron chi connectivity index (χ3n) is 9.37. The highest BCUT2D eigenvalue weighted by Gasteiger charge is 2.16. The van der Waals surface area contributed by atoms with Crippen LogP contribution < -0.4 is 21.3 Å². The Hall–Kier alpha value is -8.28. The molecule has 18 heteroatoms. The number of nitrogens with zero attached hydrogens (tertiary/aromatic N) is 9. The lowest BCUT2D eigenvalue weighted by molar-refractivity contribution is 0.0938. The number of anilines is 4. The standard InChI is InChI=1S/C44H40FN15O2/c1-25-7-10-34(46-20-25)24-50-44(62)36-14-9-30(23-48-36)42-52-33(19-38(56-42)54-40-16-27(3)58-60-40)12-11-32-18-37(53-39-15-26(2)57-59-39)55-41(51-32)29-8-13-35(47-22-29)43(61)49-21-28-5-4-6-31(45)17-28/h4-10,13-20,22-23H,11-12,21,24H2,1-3H3,(H,49,61)(H,50,62)(H2,51,53,55,57,59)(H2,52,54,56,58,60). The van der Waals surface area contributed by atoms with Gasteiger partial charge in [-0.2, -0.15) is 10.2 Å². The summed E-state index contributed by atoms with van der Waals surface area (Å²) in [6.07, 6.45) is 5.76. The smallest absolute Gasteiger partial charge is 0.270 e. The summed E-state index contributed by atoms with van der Waals surface area (Å²) in [5.74, 6) is 1.82. The molecular weight excluding hydrogens is 790 g/mol. The Kier molecular flexibility index (Phi) is 12.0. The molecule has 0 aliphatic heterocycles. The molecule has 0 fully saturated rings. The molecule has 0 atom stereocenters. The number of hydrogen-bond acceptors (Lipinski definition) is 13. The summed E-state index contributed by atoms with van der Waals surface area (Å²) in [5.41, 5.74) is 7.16. The first-order chi connectivity index (χ1) is 30.1. The Morgan fingerprint density at radius 2 is 1.13 bits per heavy atom. The molecule has 0 aliphatic rings. The minimum Gasteiger partial charge on any atom is -0.347 e. The highest BCUT2D eigenvalue weighted by Crippen LogP contribution is 2.24. The Bertz CT molecular complexity index is 2840. The van der Waals surface area contributed by atoms with Gasteiger partial charge in [-0.25, -0.2) is 24.3 Å². The van der Waals surface area contributed by atoms with E-state index in [1.54, 1.807) is 48.8 Å². The molecule has 8 rings (SSSR count). The third-order valence-corrected chi connectivity index (χ3v) is 9.37. The van der Waals surface area contributed by atoms with Crippen LogP contribution in [0.2, 0.25) is 0 Å². The van der Waals surface area contributed by atoms with E-state index in [2.05, 4.69) is 56.6 Å². The van der Waals surface area contributed by atoms with Gasteiger partial charge in [-0.15, -0.1) is 0 Å². The van der Waals surface area contributed by atoms with Gasteiger partial charge in [0.15, 0.2) is 23.3 Å². The zero-order valence-electron chi connectivity index (χ0n) is 33.9. The van der Waals surface area contributed by atoms with Gasteiger partial charge in [0.1, 0.15) is 28.8 Å². The lowest BCUT2D eigenvalue weighted by Crippen LogP contribution is -2.24. The predicted molar refractivity (Wildman–Crippen MR) is 229 cm³/mol. The number of carbonyl (C=O) groups is 2. The van der Waals surface area contributed by atoms with Crippen LogP contribution in [-0.4, -0.2) is 67.1 Å². The second kappa shape index (κ2) is 18.3. The molecule has 310 valence electrons. The van der Waals surface area contributed by atoms with E-state index in [0.29, 0.717) is 75.8 Å². The molecule has 17 nitrogen and oxygen atoms in total. The fourth-order valence-electron chi connectivity index (χ4n) is 6.23. The van der Waals surface area contributed by atoms with Crippen molar-refractivity contribution in [2.45, 2.75) is 46.7 Å². The lowest BCUT2D eigenvalue weighted by Gasteiger charge is -2.11. The van der Waals surface area contributed by atoms with Crippen LogP contribution in [0.25, 0.3) is 22.8 Å². The van der Waals surface area contributed by atoms with E-state index >= 15 is 0 Å². The monoisotopic (exact) mass is 829 g/mol. The topological polar surface area (TPSA) is 230 Å². The van der Waals surface area contributed by atoms with Gasteiger partial charge < -0.3 is 21.3 Å². The fraction of sp³-hybridized carbons (Fsp3) is 0.159. The molecule has 0 unspecified atom stereocenters. The average molecular weight is 830 g/mol. The van der Waals surface area contributed by atoms with E-state index in [1.165, 1.54) is 18.3 Å². The summed E-state index contributed by atoms with van der Waals surface area (Å²) in [7, 11) is 0. The average Bonchev–Trinajstić information content (AvgIpc) is 3.90. The number of rotatable bonds is 15. The van der Waals surface area contributed by atoms with Crippen molar-refractivity contribution in [1.29, 1.82) is 0 Å². The van der Waals surface area contributed by atoms with Crippen LogP contribution in [0.15, 0.2) is 104 Å². The van der Waals surface area contributed by atoms with Crippen molar-refractivity contribution in [3.05, 3.63) is 160 Å². The number of H-pyrrole nitrogens is 2. The summed E-state index contributed by atoms with van der Waals surface area (Å²) in [4.78, 5) is 58.3. The normalized spacial score (nSPS) is 11.0. The third kappa shape index (κ3) is 10.5. The molecule has 0 radical (unpaired) electrons. The molecule has 0 saturated heterocycles. The summed E-state index contributed by atoms with van der Waals surface area (Å²) in [6, 6.07) is 23.9. The molecule has 62 heavy (non-hydrogen) atoms. The van der Waals surface area contributed by atoms with Crippen molar-refractivity contribution >= 4 is 35.1 Å². The minimum absolute atomic E-state index is 0.149. The Labute approximate surface area is 354 Å². The number of pyridine rings is 3. The zero-order chi connectivity index (χ0) is 43.0. The number of halogens is 1. The highest BCUT2D eigenvalue weighted by molar-refractivity contribution is 5.93. The maximum Gasteiger partial charge on any atom is 0.270 e. The van der Waals surface area contributed by atoms with E-state index in [9.17, 15) is 14.0 Å². The van der Waals surface area contributed by atoms with E-state index in [0.717, 1.165) is 22.6 Å². The molecule has 0 saturated carbocycles. The van der Waals surface area contributed by atoms with Gasteiger partial charge in [0.2, 0.25) is 0 Å². The van der Waals surface area contributed by atoms with Crippen molar-refractivity contribution in [3.63, 3.8) is 0 Å². The summed E-state index contributed by atoms with van der Waals surface area (Å²) in [6.45, 7) is 6.17. The largest absolute Gasteiger partial charge is 0.347 e. The number of aromatic amines is 2. The maximum absolute atomic E-state index is 13.6. The SMILES string of the molecule is Cc1ccc(CNC(=O)c2ccc(-c3nc(CCc4cc(Nc5cc(C)[nH]n5)nc(-c5ccc(C(=O)NCc6cccc(F)c6)nc5)n4)cc(Nc4cc(C)[nH]n4)n3)cn2)nc1. The van der Waals surface area contributed by atoms with Crippen molar-refractivity contribution in [2.75, 3.05) is 10.6 Å². The maximum atomic E-state index is 13.6. The summed E-state index contributed by atoms with van der Waals surface area (Å²) < 4.78 is 13.6. The number of aromatic nitrogens is 11. The van der Waals surface area contributed by atoms with Gasteiger partial charge in [0, 0.05) is 83.3 Å². The van der Waals surface area contributed by atoms with E-state index in [4.69, 9.17) is 19.9 Å². The molecule has 0 spiro atoms. The van der Waals surface area contributed by atoms with Gasteiger partial charge in [-0.1, -0.05) is 18.2 Å². The minimum atomic E-state index is -0.406. The van der Waals surface area contributed by atoms with Crippen LogP contribution in [0, 0.1) is 26.6 Å². The second-order valence-corrected chi connectivity index (χ2v) is 14.4. The summed E-state index contributed by atoms with van der Waals surface area (Å²) >= 11 is 0. The fourth-order valence-corrected chi connectivity index (χ4v) is 6.23. The molecule has 2 amide bonds. The van der Waals surface area contributed by atoms with Crippen molar-refractivity contribution in [1.82, 2.24) is 65.9 Å². The first kappa shape index (κ1) is 40.5. The van der Waals surface area contributed by atoms with Gasteiger partial charge in [-0.05, 0) is 87.2 Å². The molecule has 1 aromatic carbocycles. The number of nitrogens with one attached hydrogen (secondary N) is 6. The molecule has 0 aliphatic carbocycles. The molecule has 7 heterocycles. The van der Waals surface area contributed by atoms with Crippen LogP contribution in [-0.2, 0) is 25.9 Å². The van der Waals surface area contributed by atoms with Gasteiger partial charge in [-0.3, -0.25) is 34.7 Å². The quantitative estimate of drug-likeness (QED) is 0.0655. The van der Waals surface area contributed by atoms with E-state index in [1.807, 2.05) is 57.2 Å². The number of hydrogen-bond donors (Lipinski definition) is 6. The second-order valence-electron chi connectivity index (χ2n) is 14.4. The number of aryl methyl sites for hydroxylation is 5. The Balaban J connectivity index is 1.02. The predicted octanol–water partition coefficient (Wildman–Crippen LogP) is 6.43. The molecule has 6 N–H and O–H groups in total. The van der Waals surface area contributed by atoms with E-state index in [-0.39, 0.29) is 36.2 Å². The van der Waals surface area contributed by atoms with Crippen LogP contribution in [0.1, 0.15) is 60.6 Å². The number of carbonyl (C=O) groups excluding carboxylic acids is 2. The zero-order valence-corrected chi connectivity index (χ0v) is 33.9. The Morgan fingerprint density at radius 3 is 1.60 bits per heavy atom. The van der Waals surface area contributed by atoms with Crippen molar-refractivity contribution in [3.8, 4) is 22.8 Å². The van der Waals surface area contributed by atoms with Gasteiger partial charge in [0.25, 0.3) is 11.8 Å². The first-order valence-electron chi connectivity index (χ1n) is 19.6.